The normalized spacial score (nSPS) is 18.8. The fourth-order valence-corrected chi connectivity index (χ4v) is 1.94. The van der Waals surface area contributed by atoms with E-state index in [1.165, 1.54) is 6.92 Å². The standard InChI is InChI=1S/C16H20O5/c1-10(15(18)21-16(2,3)4)14(17)13-9-19-11-7-5-6-8-12(11)20-13/h5-8,10,13H,9H2,1-4H3. The Morgan fingerprint density at radius 3 is 2.48 bits per heavy atom. The van der Waals surface area contributed by atoms with E-state index < -0.39 is 23.6 Å². The van der Waals surface area contributed by atoms with Crippen molar-refractivity contribution in [1.29, 1.82) is 0 Å². The molecule has 2 atom stereocenters. The second-order valence-electron chi connectivity index (χ2n) is 6.02. The molecule has 0 N–H and O–H groups in total. The molecule has 1 heterocycles. The summed E-state index contributed by atoms with van der Waals surface area (Å²) in [5, 5.41) is 0. The van der Waals surface area contributed by atoms with Crippen molar-refractivity contribution in [1.82, 2.24) is 0 Å². The van der Waals surface area contributed by atoms with Gasteiger partial charge in [-0.05, 0) is 39.8 Å². The molecule has 114 valence electrons. The highest BCUT2D eigenvalue weighted by molar-refractivity contribution is 6.01. The van der Waals surface area contributed by atoms with Gasteiger partial charge in [0.1, 0.15) is 18.1 Å². The maximum absolute atomic E-state index is 12.3. The first-order valence-corrected chi connectivity index (χ1v) is 6.93. The highest BCUT2D eigenvalue weighted by Gasteiger charge is 2.35. The highest BCUT2D eigenvalue weighted by Crippen LogP contribution is 2.31. The van der Waals surface area contributed by atoms with E-state index in [0.717, 1.165) is 0 Å². The van der Waals surface area contributed by atoms with E-state index in [-0.39, 0.29) is 12.4 Å². The summed E-state index contributed by atoms with van der Waals surface area (Å²) in [4.78, 5) is 24.3. The van der Waals surface area contributed by atoms with Gasteiger partial charge in [-0.3, -0.25) is 9.59 Å². The zero-order chi connectivity index (χ0) is 15.6. The summed E-state index contributed by atoms with van der Waals surface area (Å²) >= 11 is 0. The molecule has 1 aromatic rings. The van der Waals surface area contributed by atoms with E-state index in [4.69, 9.17) is 14.2 Å². The van der Waals surface area contributed by atoms with Crippen LogP contribution < -0.4 is 9.47 Å². The van der Waals surface area contributed by atoms with Crippen LogP contribution in [0.3, 0.4) is 0 Å². The number of para-hydroxylation sites is 2. The lowest BCUT2D eigenvalue weighted by Crippen LogP contribution is -2.43. The number of carbonyl (C=O) groups is 2. The monoisotopic (exact) mass is 292 g/mol. The number of carbonyl (C=O) groups excluding carboxylic acids is 2. The minimum atomic E-state index is -0.886. The molecule has 5 nitrogen and oxygen atoms in total. The third-order valence-corrected chi connectivity index (χ3v) is 3.01. The zero-order valence-electron chi connectivity index (χ0n) is 12.7. The average Bonchev–Trinajstić information content (AvgIpc) is 2.43. The molecule has 0 radical (unpaired) electrons. The molecule has 0 amide bonds. The summed E-state index contributed by atoms with van der Waals surface area (Å²) < 4.78 is 16.3. The van der Waals surface area contributed by atoms with Gasteiger partial charge in [-0.2, -0.15) is 0 Å². The van der Waals surface area contributed by atoms with Crippen LogP contribution in [0.4, 0.5) is 0 Å². The van der Waals surface area contributed by atoms with Crippen LogP contribution >= 0.6 is 0 Å². The number of esters is 1. The second-order valence-corrected chi connectivity index (χ2v) is 6.02. The average molecular weight is 292 g/mol. The summed E-state index contributed by atoms with van der Waals surface area (Å²) in [5.74, 6) is -0.651. The van der Waals surface area contributed by atoms with E-state index >= 15 is 0 Å². The number of Topliss-reactive ketones (excluding diaryl/α,β-unsaturated/α-hetero) is 1. The molecular formula is C16H20O5. The quantitative estimate of drug-likeness (QED) is 0.632. The Morgan fingerprint density at radius 2 is 1.86 bits per heavy atom. The summed E-state index contributed by atoms with van der Waals surface area (Å²) in [7, 11) is 0. The van der Waals surface area contributed by atoms with Crippen molar-refractivity contribution in [3.63, 3.8) is 0 Å². The van der Waals surface area contributed by atoms with Gasteiger partial charge < -0.3 is 14.2 Å². The zero-order valence-corrected chi connectivity index (χ0v) is 12.7. The number of ketones is 1. The minimum Gasteiger partial charge on any atom is -0.485 e. The second kappa shape index (κ2) is 5.76. The molecule has 0 fully saturated rings. The van der Waals surface area contributed by atoms with E-state index in [0.29, 0.717) is 11.5 Å². The van der Waals surface area contributed by atoms with Crippen LogP contribution in [0.15, 0.2) is 24.3 Å². The number of fused-ring (bicyclic) bond motifs is 1. The van der Waals surface area contributed by atoms with Crippen LogP contribution in [0.2, 0.25) is 0 Å². The Labute approximate surface area is 124 Å². The first-order chi connectivity index (χ1) is 9.78. The maximum Gasteiger partial charge on any atom is 0.316 e. The molecule has 0 saturated heterocycles. The van der Waals surface area contributed by atoms with Crippen LogP contribution in [0.1, 0.15) is 27.7 Å². The van der Waals surface area contributed by atoms with Gasteiger partial charge in [0.05, 0.1) is 0 Å². The van der Waals surface area contributed by atoms with Gasteiger partial charge in [-0.25, -0.2) is 0 Å². The van der Waals surface area contributed by atoms with Crippen molar-refractivity contribution >= 4 is 11.8 Å². The van der Waals surface area contributed by atoms with Crippen LogP contribution in [-0.2, 0) is 14.3 Å². The lowest BCUT2D eigenvalue weighted by molar-refractivity contribution is -0.163. The van der Waals surface area contributed by atoms with Gasteiger partial charge in [0.2, 0.25) is 0 Å². The van der Waals surface area contributed by atoms with Crippen molar-refractivity contribution < 1.29 is 23.8 Å². The number of rotatable bonds is 3. The Bertz CT molecular complexity index is 544. The van der Waals surface area contributed by atoms with Gasteiger partial charge in [0.15, 0.2) is 23.4 Å². The van der Waals surface area contributed by atoms with Gasteiger partial charge in [-0.15, -0.1) is 0 Å². The van der Waals surface area contributed by atoms with E-state index in [1.54, 1.807) is 39.0 Å². The predicted octanol–water partition coefficient (Wildman–Crippen LogP) is 2.37. The van der Waals surface area contributed by atoms with Crippen molar-refractivity contribution in [2.24, 2.45) is 5.92 Å². The van der Waals surface area contributed by atoms with E-state index in [9.17, 15) is 9.59 Å². The van der Waals surface area contributed by atoms with E-state index in [1.807, 2.05) is 6.07 Å². The molecule has 1 aliphatic heterocycles. The van der Waals surface area contributed by atoms with Crippen molar-refractivity contribution in [2.75, 3.05) is 6.61 Å². The Balaban J connectivity index is 2.03. The molecule has 0 saturated carbocycles. The van der Waals surface area contributed by atoms with Crippen molar-refractivity contribution in [3.8, 4) is 11.5 Å². The maximum atomic E-state index is 12.3. The number of hydrogen-bond acceptors (Lipinski definition) is 5. The molecule has 0 bridgehead atoms. The first-order valence-electron chi connectivity index (χ1n) is 6.93. The minimum absolute atomic E-state index is 0.100. The molecule has 5 heteroatoms. The molecule has 1 aliphatic rings. The lowest BCUT2D eigenvalue weighted by atomic mass is 10.0. The third kappa shape index (κ3) is 3.74. The van der Waals surface area contributed by atoms with Crippen molar-refractivity contribution in [3.05, 3.63) is 24.3 Å². The first kappa shape index (κ1) is 15.4. The number of ether oxygens (including phenoxy) is 3. The number of benzene rings is 1. The summed E-state index contributed by atoms with van der Waals surface area (Å²) in [6.45, 7) is 6.92. The molecule has 0 spiro atoms. The van der Waals surface area contributed by atoms with Crippen LogP contribution in [0.5, 0.6) is 11.5 Å². The molecule has 1 aromatic carbocycles. The van der Waals surface area contributed by atoms with Gasteiger partial charge in [0.25, 0.3) is 0 Å². The highest BCUT2D eigenvalue weighted by atomic mass is 16.6. The summed E-state index contributed by atoms with van der Waals surface area (Å²) in [5.41, 5.74) is -0.623. The van der Waals surface area contributed by atoms with Gasteiger partial charge in [0, 0.05) is 0 Å². The smallest absolute Gasteiger partial charge is 0.316 e. The van der Waals surface area contributed by atoms with Crippen LogP contribution in [0.25, 0.3) is 0 Å². The molecule has 21 heavy (non-hydrogen) atoms. The lowest BCUT2D eigenvalue weighted by Gasteiger charge is -2.28. The third-order valence-electron chi connectivity index (χ3n) is 3.01. The van der Waals surface area contributed by atoms with Crippen LogP contribution in [0, 0.1) is 5.92 Å². The van der Waals surface area contributed by atoms with Gasteiger partial charge in [-0.1, -0.05) is 12.1 Å². The van der Waals surface area contributed by atoms with Gasteiger partial charge >= 0.3 is 5.97 Å². The molecule has 2 rings (SSSR count). The Hall–Kier alpha value is -2.04. The summed E-state index contributed by atoms with van der Waals surface area (Å²) in [6.07, 6.45) is -0.789. The fraction of sp³-hybridized carbons (Fsp3) is 0.500. The molecule has 0 aliphatic carbocycles. The Morgan fingerprint density at radius 1 is 1.24 bits per heavy atom. The Kier molecular flexibility index (Phi) is 4.21. The predicted molar refractivity (Wildman–Crippen MR) is 76.4 cm³/mol. The largest absolute Gasteiger partial charge is 0.485 e. The number of hydrogen-bond donors (Lipinski definition) is 0. The topological polar surface area (TPSA) is 61.8 Å². The SMILES string of the molecule is CC(C(=O)OC(C)(C)C)C(=O)C1COc2ccccc2O1. The summed E-state index contributed by atoms with van der Waals surface area (Å²) in [6, 6.07) is 7.13. The fourth-order valence-electron chi connectivity index (χ4n) is 1.94. The molecule has 2 unspecified atom stereocenters. The molecular weight excluding hydrogens is 272 g/mol. The van der Waals surface area contributed by atoms with Crippen molar-refractivity contribution in [2.45, 2.75) is 39.4 Å². The van der Waals surface area contributed by atoms with Crippen LogP contribution in [-0.4, -0.2) is 30.1 Å². The van der Waals surface area contributed by atoms with E-state index in [2.05, 4.69) is 0 Å². The molecule has 0 aromatic heterocycles.